The maximum atomic E-state index is 12.1. The molecule has 3 rings (SSSR count). The molecule has 1 N–H and O–H groups in total. The Morgan fingerprint density at radius 2 is 2.04 bits per heavy atom. The lowest BCUT2D eigenvalue weighted by Crippen LogP contribution is -2.09. The average Bonchev–Trinajstić information content (AvgIpc) is 3.03. The molecule has 0 amide bonds. The van der Waals surface area contributed by atoms with Crippen molar-refractivity contribution in [2.24, 2.45) is 0 Å². The Kier molecular flexibility index (Phi) is 4.48. The summed E-state index contributed by atoms with van der Waals surface area (Å²) in [4.78, 5) is 15.3. The zero-order chi connectivity index (χ0) is 16.9. The largest absolute Gasteiger partial charge is 0.493 e. The molecular formula is C19H16N2O3. The minimum Gasteiger partial charge on any atom is -0.493 e. The van der Waals surface area contributed by atoms with Crippen molar-refractivity contribution in [3.8, 4) is 17.6 Å². The van der Waals surface area contributed by atoms with Gasteiger partial charge in [-0.3, -0.25) is 4.79 Å². The van der Waals surface area contributed by atoms with E-state index in [2.05, 4.69) is 4.98 Å². The molecule has 2 aromatic carbocycles. The summed E-state index contributed by atoms with van der Waals surface area (Å²) in [5.41, 5.74) is 2.58. The molecule has 0 unspecified atom stereocenters. The Labute approximate surface area is 139 Å². The van der Waals surface area contributed by atoms with Crippen LogP contribution in [0.1, 0.15) is 17.5 Å². The number of esters is 1. The van der Waals surface area contributed by atoms with Crippen LogP contribution in [0.15, 0.2) is 48.7 Å². The number of nitrogens with zero attached hydrogens (tertiary/aromatic N) is 1. The molecular weight excluding hydrogens is 304 g/mol. The number of hydrogen-bond acceptors (Lipinski definition) is 4. The fourth-order valence-corrected chi connectivity index (χ4v) is 2.57. The third-order valence-electron chi connectivity index (χ3n) is 3.79. The van der Waals surface area contributed by atoms with Crippen molar-refractivity contribution in [1.82, 2.24) is 4.98 Å². The minimum atomic E-state index is -0.344. The summed E-state index contributed by atoms with van der Waals surface area (Å²) in [6, 6.07) is 14.7. The highest BCUT2D eigenvalue weighted by atomic mass is 16.6. The molecule has 0 aliphatic heterocycles. The second kappa shape index (κ2) is 6.88. The fraction of sp³-hybridized carbons (Fsp3) is 0.158. The van der Waals surface area contributed by atoms with E-state index in [-0.39, 0.29) is 12.4 Å². The number of para-hydroxylation sites is 1. The van der Waals surface area contributed by atoms with E-state index in [4.69, 9.17) is 14.7 Å². The first-order valence-electron chi connectivity index (χ1n) is 7.55. The zero-order valence-corrected chi connectivity index (χ0v) is 13.2. The summed E-state index contributed by atoms with van der Waals surface area (Å²) in [7, 11) is 1.47. The molecule has 0 atom stereocenters. The van der Waals surface area contributed by atoms with E-state index in [1.165, 1.54) is 7.11 Å². The van der Waals surface area contributed by atoms with Gasteiger partial charge in [0.1, 0.15) is 0 Å². The summed E-state index contributed by atoms with van der Waals surface area (Å²) in [5, 5.41) is 10.0. The lowest BCUT2D eigenvalue weighted by Gasteiger charge is -2.09. The van der Waals surface area contributed by atoms with Crippen LogP contribution in [0.3, 0.4) is 0 Å². The van der Waals surface area contributed by atoms with Crippen LogP contribution in [-0.4, -0.2) is 18.1 Å². The number of nitrogens with one attached hydrogen (secondary N) is 1. The highest BCUT2D eigenvalue weighted by Crippen LogP contribution is 2.28. The molecule has 0 aliphatic rings. The maximum Gasteiger partial charge on any atom is 0.311 e. The van der Waals surface area contributed by atoms with Crippen LogP contribution in [-0.2, 0) is 11.2 Å². The number of benzene rings is 2. The molecule has 5 nitrogen and oxygen atoms in total. The van der Waals surface area contributed by atoms with Crippen LogP contribution >= 0.6 is 0 Å². The topological polar surface area (TPSA) is 75.1 Å². The maximum absolute atomic E-state index is 12.1. The number of methoxy groups -OCH3 is 1. The predicted octanol–water partition coefficient (Wildman–Crippen LogP) is 3.59. The van der Waals surface area contributed by atoms with Gasteiger partial charge in [0.2, 0.25) is 0 Å². The van der Waals surface area contributed by atoms with E-state index in [0.717, 1.165) is 16.5 Å². The van der Waals surface area contributed by atoms with E-state index in [9.17, 15) is 4.79 Å². The number of aryl methyl sites for hydroxylation is 1. The molecule has 0 fully saturated rings. The third-order valence-corrected chi connectivity index (χ3v) is 3.79. The molecule has 0 radical (unpaired) electrons. The molecule has 5 heteroatoms. The van der Waals surface area contributed by atoms with Gasteiger partial charge in [-0.1, -0.05) is 18.2 Å². The number of hydrogen-bond donors (Lipinski definition) is 1. The molecule has 120 valence electrons. The molecule has 1 aromatic heterocycles. The summed E-state index contributed by atoms with van der Waals surface area (Å²) >= 11 is 0. The van der Waals surface area contributed by atoms with Gasteiger partial charge in [0.25, 0.3) is 0 Å². The number of aromatic amines is 1. The Balaban J connectivity index is 1.67. The molecule has 0 aliphatic carbocycles. The van der Waals surface area contributed by atoms with Crippen molar-refractivity contribution in [2.75, 3.05) is 7.11 Å². The Morgan fingerprint density at radius 3 is 2.83 bits per heavy atom. The monoisotopic (exact) mass is 320 g/mol. The molecule has 0 saturated carbocycles. The van der Waals surface area contributed by atoms with Crippen LogP contribution in [0.4, 0.5) is 0 Å². The van der Waals surface area contributed by atoms with Crippen molar-refractivity contribution in [2.45, 2.75) is 12.8 Å². The molecule has 24 heavy (non-hydrogen) atoms. The zero-order valence-electron chi connectivity index (χ0n) is 13.2. The van der Waals surface area contributed by atoms with Crippen molar-refractivity contribution >= 4 is 16.9 Å². The van der Waals surface area contributed by atoms with Crippen molar-refractivity contribution < 1.29 is 14.3 Å². The van der Waals surface area contributed by atoms with Crippen molar-refractivity contribution in [3.63, 3.8) is 0 Å². The Hall–Kier alpha value is -3.26. The second-order valence-electron chi connectivity index (χ2n) is 5.31. The van der Waals surface area contributed by atoms with Gasteiger partial charge in [0.05, 0.1) is 25.2 Å². The van der Waals surface area contributed by atoms with Gasteiger partial charge < -0.3 is 14.5 Å². The van der Waals surface area contributed by atoms with Gasteiger partial charge in [-0.25, -0.2) is 0 Å². The van der Waals surface area contributed by atoms with E-state index >= 15 is 0 Å². The lowest BCUT2D eigenvalue weighted by atomic mass is 10.1. The SMILES string of the molecule is COc1cc(C#N)ccc1OC(=O)CCc1c[nH]c2ccccc12. The molecule has 1 heterocycles. The first-order chi connectivity index (χ1) is 11.7. The van der Waals surface area contributed by atoms with Gasteiger partial charge >= 0.3 is 5.97 Å². The summed E-state index contributed by atoms with van der Waals surface area (Å²) in [6.07, 6.45) is 2.76. The van der Waals surface area contributed by atoms with Gasteiger partial charge in [-0.15, -0.1) is 0 Å². The van der Waals surface area contributed by atoms with Crippen molar-refractivity contribution in [3.05, 3.63) is 59.8 Å². The van der Waals surface area contributed by atoms with Gasteiger partial charge in [0, 0.05) is 23.2 Å². The normalized spacial score (nSPS) is 10.3. The first kappa shape index (κ1) is 15.6. The number of ether oxygens (including phenoxy) is 2. The van der Waals surface area contributed by atoms with E-state index < -0.39 is 0 Å². The van der Waals surface area contributed by atoms with Gasteiger partial charge in [-0.05, 0) is 30.2 Å². The van der Waals surface area contributed by atoms with E-state index in [1.807, 2.05) is 36.5 Å². The minimum absolute atomic E-state index is 0.255. The van der Waals surface area contributed by atoms with Crippen LogP contribution in [0.25, 0.3) is 10.9 Å². The summed E-state index contributed by atoms with van der Waals surface area (Å²) < 4.78 is 10.5. The number of carbonyl (C=O) groups is 1. The molecule has 0 bridgehead atoms. The van der Waals surface area contributed by atoms with Crippen LogP contribution < -0.4 is 9.47 Å². The molecule has 0 saturated heterocycles. The Morgan fingerprint density at radius 1 is 1.21 bits per heavy atom. The lowest BCUT2D eigenvalue weighted by molar-refractivity contribution is -0.134. The van der Waals surface area contributed by atoms with Crippen LogP contribution in [0.2, 0.25) is 0 Å². The number of nitriles is 1. The van der Waals surface area contributed by atoms with E-state index in [1.54, 1.807) is 18.2 Å². The number of carbonyl (C=O) groups excluding carboxylic acids is 1. The van der Waals surface area contributed by atoms with E-state index in [0.29, 0.717) is 23.5 Å². The van der Waals surface area contributed by atoms with Crippen molar-refractivity contribution in [1.29, 1.82) is 5.26 Å². The number of rotatable bonds is 5. The third kappa shape index (κ3) is 3.23. The summed E-state index contributed by atoms with van der Waals surface area (Å²) in [5.74, 6) is 0.346. The predicted molar refractivity (Wildman–Crippen MR) is 90.0 cm³/mol. The number of H-pyrrole nitrogens is 1. The highest BCUT2D eigenvalue weighted by molar-refractivity contribution is 5.83. The smallest absolute Gasteiger partial charge is 0.311 e. The van der Waals surface area contributed by atoms with Crippen LogP contribution in [0.5, 0.6) is 11.5 Å². The molecule has 3 aromatic rings. The van der Waals surface area contributed by atoms with Gasteiger partial charge in [0.15, 0.2) is 11.5 Å². The quantitative estimate of drug-likeness (QED) is 0.576. The average molecular weight is 320 g/mol. The Bertz CT molecular complexity index is 922. The second-order valence-corrected chi connectivity index (χ2v) is 5.31. The first-order valence-corrected chi connectivity index (χ1v) is 7.55. The number of fused-ring (bicyclic) bond motifs is 1. The standard InChI is InChI=1S/C19H16N2O3/c1-23-18-10-13(11-20)6-8-17(18)24-19(22)9-7-14-12-21-16-5-3-2-4-15(14)16/h2-6,8,10,12,21H,7,9H2,1H3. The molecule has 0 spiro atoms. The highest BCUT2D eigenvalue weighted by Gasteiger charge is 2.12. The van der Waals surface area contributed by atoms with Gasteiger partial charge in [-0.2, -0.15) is 5.26 Å². The fourth-order valence-electron chi connectivity index (χ4n) is 2.57. The van der Waals surface area contributed by atoms with Crippen LogP contribution in [0, 0.1) is 11.3 Å². The summed E-state index contributed by atoms with van der Waals surface area (Å²) in [6.45, 7) is 0. The number of aromatic nitrogens is 1.